The summed E-state index contributed by atoms with van der Waals surface area (Å²) in [6.07, 6.45) is 3.42. The highest BCUT2D eigenvalue weighted by Gasteiger charge is 2.29. The van der Waals surface area contributed by atoms with Gasteiger partial charge in [0.15, 0.2) is 0 Å². The van der Waals surface area contributed by atoms with Gasteiger partial charge in [-0.05, 0) is 32.0 Å². The average Bonchev–Trinajstić information content (AvgIpc) is 3.21. The maximum atomic E-state index is 13.4. The lowest BCUT2D eigenvalue weighted by Crippen LogP contribution is -2.30. The van der Waals surface area contributed by atoms with Crippen molar-refractivity contribution in [1.29, 1.82) is 0 Å². The Morgan fingerprint density at radius 1 is 1.14 bits per heavy atom. The summed E-state index contributed by atoms with van der Waals surface area (Å²) in [7, 11) is -3.71. The van der Waals surface area contributed by atoms with Crippen molar-refractivity contribution in [3.05, 3.63) is 60.2 Å². The van der Waals surface area contributed by atoms with Crippen LogP contribution in [-0.4, -0.2) is 36.3 Å². The van der Waals surface area contributed by atoms with Gasteiger partial charge in [-0.3, -0.25) is 0 Å². The van der Waals surface area contributed by atoms with Gasteiger partial charge >= 0.3 is 0 Å². The SMILES string of the molecule is Cc1noc(C)c1-c1cnc2c(c1)c(S(=O)(=O)c1ccccc1)cn2C1COC1. The van der Waals surface area contributed by atoms with Crippen LogP contribution in [0, 0.1) is 13.8 Å². The molecule has 148 valence electrons. The van der Waals surface area contributed by atoms with E-state index in [0.717, 1.165) is 16.8 Å². The molecule has 0 spiro atoms. The molecule has 0 radical (unpaired) electrons. The third-order valence-corrected chi connectivity index (χ3v) is 7.11. The number of sulfone groups is 1. The molecule has 4 aromatic rings. The van der Waals surface area contributed by atoms with E-state index in [0.29, 0.717) is 30.0 Å². The third kappa shape index (κ3) is 2.79. The highest BCUT2D eigenvalue weighted by molar-refractivity contribution is 7.91. The summed E-state index contributed by atoms with van der Waals surface area (Å²) in [5.74, 6) is 0.669. The first-order chi connectivity index (χ1) is 14.0. The Kier molecular flexibility index (Phi) is 4.07. The number of ether oxygens (including phenoxy) is 1. The monoisotopic (exact) mass is 409 g/mol. The van der Waals surface area contributed by atoms with Crippen molar-refractivity contribution >= 4 is 20.9 Å². The van der Waals surface area contributed by atoms with Crippen molar-refractivity contribution in [2.75, 3.05) is 13.2 Å². The number of rotatable bonds is 4. The van der Waals surface area contributed by atoms with Crippen LogP contribution in [0.4, 0.5) is 0 Å². The number of hydrogen-bond donors (Lipinski definition) is 0. The lowest BCUT2D eigenvalue weighted by molar-refractivity contribution is -0.0217. The van der Waals surface area contributed by atoms with Crippen molar-refractivity contribution in [3.8, 4) is 11.1 Å². The molecule has 29 heavy (non-hydrogen) atoms. The Morgan fingerprint density at radius 3 is 2.52 bits per heavy atom. The molecule has 0 N–H and O–H groups in total. The van der Waals surface area contributed by atoms with E-state index in [2.05, 4.69) is 10.1 Å². The van der Waals surface area contributed by atoms with Gasteiger partial charge in [0, 0.05) is 28.9 Å². The molecule has 1 aliphatic heterocycles. The second kappa shape index (κ2) is 6.53. The molecule has 7 nitrogen and oxygen atoms in total. The minimum absolute atomic E-state index is 0.0784. The molecule has 0 atom stereocenters. The highest BCUT2D eigenvalue weighted by atomic mass is 32.2. The molecular formula is C21H19N3O4S. The molecule has 1 fully saturated rings. The van der Waals surface area contributed by atoms with Crippen LogP contribution in [0.2, 0.25) is 0 Å². The van der Waals surface area contributed by atoms with Crippen LogP contribution in [0.25, 0.3) is 22.2 Å². The summed E-state index contributed by atoms with van der Waals surface area (Å²) in [5, 5.41) is 4.59. The summed E-state index contributed by atoms with van der Waals surface area (Å²) in [4.78, 5) is 5.12. The standard InChI is InChI=1S/C21H19N3O4S/c1-13-20(14(2)28-23-13)15-8-18-19(29(25,26)17-6-4-3-5-7-17)10-24(16-11-27-12-16)21(18)22-9-15/h3-10,16H,11-12H2,1-2H3. The molecule has 1 saturated heterocycles. The van der Waals surface area contributed by atoms with E-state index >= 15 is 0 Å². The highest BCUT2D eigenvalue weighted by Crippen LogP contribution is 2.36. The van der Waals surface area contributed by atoms with Gasteiger partial charge in [0.1, 0.15) is 11.4 Å². The first kappa shape index (κ1) is 18.1. The third-order valence-electron chi connectivity index (χ3n) is 5.31. The molecule has 0 aliphatic carbocycles. The van der Waals surface area contributed by atoms with Gasteiger partial charge in [-0.25, -0.2) is 13.4 Å². The van der Waals surface area contributed by atoms with Crippen molar-refractivity contribution in [2.24, 2.45) is 0 Å². The molecule has 0 amide bonds. The minimum atomic E-state index is -3.71. The molecule has 1 aromatic carbocycles. The molecule has 1 aliphatic rings. The van der Waals surface area contributed by atoms with Crippen LogP contribution in [-0.2, 0) is 14.6 Å². The summed E-state index contributed by atoms with van der Waals surface area (Å²) >= 11 is 0. The lowest BCUT2D eigenvalue weighted by Gasteiger charge is -2.27. The summed E-state index contributed by atoms with van der Waals surface area (Å²) in [5.41, 5.74) is 2.98. The minimum Gasteiger partial charge on any atom is -0.377 e. The molecular weight excluding hydrogens is 390 g/mol. The fraction of sp³-hybridized carbons (Fsp3) is 0.238. The van der Waals surface area contributed by atoms with E-state index in [1.54, 1.807) is 42.7 Å². The van der Waals surface area contributed by atoms with Gasteiger partial charge in [0.25, 0.3) is 0 Å². The number of fused-ring (bicyclic) bond motifs is 1. The predicted molar refractivity (Wildman–Crippen MR) is 106 cm³/mol. The molecule has 4 heterocycles. The molecule has 0 saturated carbocycles. The Hall–Kier alpha value is -2.97. The number of aromatic nitrogens is 3. The van der Waals surface area contributed by atoms with Crippen LogP contribution in [0.5, 0.6) is 0 Å². The van der Waals surface area contributed by atoms with Crippen LogP contribution >= 0.6 is 0 Å². The normalized spacial score (nSPS) is 15.0. The maximum Gasteiger partial charge on any atom is 0.208 e. The van der Waals surface area contributed by atoms with E-state index in [-0.39, 0.29) is 15.8 Å². The summed E-state index contributed by atoms with van der Waals surface area (Å²) in [6, 6.07) is 10.4. The van der Waals surface area contributed by atoms with Gasteiger partial charge in [-0.1, -0.05) is 23.4 Å². The van der Waals surface area contributed by atoms with Gasteiger partial charge in [0.2, 0.25) is 9.84 Å². The van der Waals surface area contributed by atoms with Crippen molar-refractivity contribution in [2.45, 2.75) is 29.7 Å². The van der Waals surface area contributed by atoms with Crippen LogP contribution in [0.3, 0.4) is 0 Å². The fourth-order valence-electron chi connectivity index (χ4n) is 3.74. The molecule has 0 unspecified atom stereocenters. The van der Waals surface area contributed by atoms with Crippen molar-refractivity contribution in [1.82, 2.24) is 14.7 Å². The van der Waals surface area contributed by atoms with E-state index in [1.807, 2.05) is 24.5 Å². The second-order valence-electron chi connectivity index (χ2n) is 7.20. The molecule has 5 rings (SSSR count). The van der Waals surface area contributed by atoms with Gasteiger partial charge in [0.05, 0.1) is 34.7 Å². The topological polar surface area (TPSA) is 87.2 Å². The van der Waals surface area contributed by atoms with Crippen LogP contribution in [0.15, 0.2) is 63.1 Å². The van der Waals surface area contributed by atoms with E-state index in [1.165, 1.54) is 0 Å². The van der Waals surface area contributed by atoms with Gasteiger partial charge in [-0.15, -0.1) is 0 Å². The van der Waals surface area contributed by atoms with Gasteiger partial charge in [-0.2, -0.15) is 0 Å². The van der Waals surface area contributed by atoms with E-state index in [4.69, 9.17) is 9.26 Å². The van der Waals surface area contributed by atoms with Crippen molar-refractivity contribution < 1.29 is 17.7 Å². The zero-order chi connectivity index (χ0) is 20.2. The first-order valence-electron chi connectivity index (χ1n) is 9.28. The Morgan fingerprint density at radius 2 is 1.90 bits per heavy atom. The van der Waals surface area contributed by atoms with Crippen LogP contribution < -0.4 is 0 Å². The number of benzene rings is 1. The average molecular weight is 409 g/mol. The zero-order valence-electron chi connectivity index (χ0n) is 16.0. The lowest BCUT2D eigenvalue weighted by atomic mass is 10.1. The molecule has 3 aromatic heterocycles. The fourth-order valence-corrected chi connectivity index (χ4v) is 5.20. The Balaban J connectivity index is 1.77. The summed E-state index contributed by atoms with van der Waals surface area (Å²) in [6.45, 7) is 4.77. The summed E-state index contributed by atoms with van der Waals surface area (Å²) < 4.78 is 39.3. The van der Waals surface area contributed by atoms with Crippen molar-refractivity contribution in [3.63, 3.8) is 0 Å². The smallest absolute Gasteiger partial charge is 0.208 e. The number of aryl methyl sites for hydroxylation is 2. The predicted octanol–water partition coefficient (Wildman–Crippen LogP) is 3.71. The number of pyridine rings is 1. The van der Waals surface area contributed by atoms with Crippen LogP contribution in [0.1, 0.15) is 17.5 Å². The number of nitrogens with zero attached hydrogens (tertiary/aromatic N) is 3. The quantitative estimate of drug-likeness (QED) is 0.511. The Bertz CT molecular complexity index is 1300. The Labute approximate surface area is 167 Å². The molecule has 0 bridgehead atoms. The van der Waals surface area contributed by atoms with Gasteiger partial charge < -0.3 is 13.8 Å². The maximum absolute atomic E-state index is 13.4. The molecule has 8 heteroatoms. The van der Waals surface area contributed by atoms with E-state index < -0.39 is 9.84 Å². The van der Waals surface area contributed by atoms with E-state index in [9.17, 15) is 8.42 Å². The number of hydrogen-bond acceptors (Lipinski definition) is 6. The first-order valence-corrected chi connectivity index (χ1v) is 10.8. The largest absolute Gasteiger partial charge is 0.377 e. The second-order valence-corrected chi connectivity index (χ2v) is 9.12. The zero-order valence-corrected chi connectivity index (χ0v) is 16.8.